The fourth-order valence-electron chi connectivity index (χ4n) is 5.91. The van der Waals surface area contributed by atoms with E-state index in [-0.39, 0.29) is 63.3 Å². The van der Waals surface area contributed by atoms with E-state index in [1.54, 1.807) is 41.5 Å². The van der Waals surface area contributed by atoms with Crippen molar-refractivity contribution >= 4 is 23.8 Å². The summed E-state index contributed by atoms with van der Waals surface area (Å²) in [7, 11) is 0. The summed E-state index contributed by atoms with van der Waals surface area (Å²) in [6.07, 6.45) is 4.80. The maximum Gasteiger partial charge on any atom is 0.316 e. The van der Waals surface area contributed by atoms with Gasteiger partial charge in [0.15, 0.2) is 11.6 Å². The SMILES string of the molecule is CC1(C)OCC(C)(C(=O)OCC(COC(=O)C2(C)COC(C)(C)OC2)N2C(=O)C3C4C=CC(C4)C3C2=O)CO1. The zero-order valence-electron chi connectivity index (χ0n) is 23.5. The van der Waals surface area contributed by atoms with Crippen LogP contribution in [0.4, 0.5) is 0 Å². The Kier molecular flexibility index (Phi) is 6.97. The number of hydrogen-bond donors (Lipinski definition) is 0. The first-order chi connectivity index (χ1) is 18.1. The zero-order chi connectivity index (χ0) is 28.4. The highest BCUT2D eigenvalue weighted by molar-refractivity contribution is 6.06. The van der Waals surface area contributed by atoms with Gasteiger partial charge in [-0.3, -0.25) is 24.1 Å². The van der Waals surface area contributed by atoms with Gasteiger partial charge in [0, 0.05) is 0 Å². The molecule has 0 N–H and O–H groups in total. The summed E-state index contributed by atoms with van der Waals surface area (Å²) < 4.78 is 33.9. The Hall–Kier alpha value is -2.34. The second-order valence-corrected chi connectivity index (χ2v) is 13.0. The second-order valence-electron chi connectivity index (χ2n) is 13.0. The number of ether oxygens (including phenoxy) is 6. The van der Waals surface area contributed by atoms with Crippen molar-refractivity contribution in [3.63, 3.8) is 0 Å². The standard InChI is InChI=1S/C28H39NO10/c1-25(2)36-12-27(5,13-37-25)23(32)34-10-18(11-35-24(33)28(6)14-38-26(3,4)39-15-28)29-21(30)19-16-7-8-17(9-16)20(19)22(29)31/h7-8,16-20H,9-15H2,1-6H3. The summed E-state index contributed by atoms with van der Waals surface area (Å²) in [6, 6.07) is -0.973. The molecule has 0 spiro atoms. The van der Waals surface area contributed by atoms with Crippen LogP contribution in [-0.4, -0.2) is 85.9 Å². The summed E-state index contributed by atoms with van der Waals surface area (Å²) in [4.78, 5) is 54.4. The molecule has 4 fully saturated rings. The molecule has 5 rings (SSSR count). The van der Waals surface area contributed by atoms with E-state index in [1.807, 2.05) is 12.2 Å². The van der Waals surface area contributed by atoms with Gasteiger partial charge in [0.25, 0.3) is 0 Å². The molecular formula is C28H39NO10. The summed E-state index contributed by atoms with van der Waals surface area (Å²) in [5.41, 5.74) is -2.13. The first kappa shape index (κ1) is 28.2. The summed E-state index contributed by atoms with van der Waals surface area (Å²) in [5.74, 6) is -4.24. The minimum Gasteiger partial charge on any atom is -0.463 e. The van der Waals surface area contributed by atoms with Gasteiger partial charge < -0.3 is 28.4 Å². The number of imide groups is 1. The number of rotatable bonds is 7. The van der Waals surface area contributed by atoms with Crippen molar-refractivity contribution in [2.75, 3.05) is 39.6 Å². The summed E-state index contributed by atoms with van der Waals surface area (Å²) in [5, 5.41) is 0. The first-order valence-electron chi connectivity index (χ1n) is 13.6. The summed E-state index contributed by atoms with van der Waals surface area (Å²) in [6.45, 7) is 10.1. The van der Waals surface area contributed by atoms with Gasteiger partial charge in [0.2, 0.25) is 11.8 Å². The van der Waals surface area contributed by atoms with Gasteiger partial charge in [-0.1, -0.05) is 12.2 Å². The van der Waals surface area contributed by atoms with Crippen LogP contribution in [0.3, 0.4) is 0 Å². The third-order valence-corrected chi connectivity index (χ3v) is 8.62. The van der Waals surface area contributed by atoms with Crippen LogP contribution in [0.5, 0.6) is 0 Å². The molecule has 0 radical (unpaired) electrons. The van der Waals surface area contributed by atoms with Gasteiger partial charge in [-0.15, -0.1) is 0 Å². The molecule has 4 atom stereocenters. The molecule has 2 aliphatic carbocycles. The molecule has 216 valence electrons. The van der Waals surface area contributed by atoms with Crippen molar-refractivity contribution < 1.29 is 47.6 Å². The third kappa shape index (κ3) is 5.14. The fraction of sp³-hybridized carbons (Fsp3) is 0.786. The van der Waals surface area contributed by atoms with Gasteiger partial charge in [-0.25, -0.2) is 0 Å². The topological polar surface area (TPSA) is 127 Å². The van der Waals surface area contributed by atoms with E-state index in [2.05, 4.69) is 0 Å². The van der Waals surface area contributed by atoms with E-state index >= 15 is 0 Å². The normalized spacial score (nSPS) is 33.4. The quantitative estimate of drug-likeness (QED) is 0.264. The highest BCUT2D eigenvalue weighted by Crippen LogP contribution is 2.53. The third-order valence-electron chi connectivity index (χ3n) is 8.62. The Morgan fingerprint density at radius 2 is 1.13 bits per heavy atom. The number of hydrogen-bond acceptors (Lipinski definition) is 10. The highest BCUT2D eigenvalue weighted by Gasteiger charge is 2.61. The number of allylic oxidation sites excluding steroid dienone is 2. The number of carbonyl (C=O) groups excluding carboxylic acids is 4. The van der Waals surface area contributed by atoms with Crippen LogP contribution in [0.1, 0.15) is 48.0 Å². The molecule has 11 heteroatoms. The van der Waals surface area contributed by atoms with Crippen molar-refractivity contribution in [2.45, 2.75) is 65.6 Å². The van der Waals surface area contributed by atoms with Crippen molar-refractivity contribution in [3.05, 3.63) is 12.2 Å². The Morgan fingerprint density at radius 1 is 0.769 bits per heavy atom. The maximum absolute atomic E-state index is 13.5. The number of fused-ring (bicyclic) bond motifs is 5. The Labute approximate surface area is 228 Å². The predicted octanol–water partition coefficient (Wildman–Crippen LogP) is 1.83. The lowest BCUT2D eigenvalue weighted by Crippen LogP contribution is -2.53. The number of esters is 2. The van der Waals surface area contributed by atoms with E-state index in [0.29, 0.717) is 0 Å². The van der Waals surface area contributed by atoms with Crippen molar-refractivity contribution in [1.82, 2.24) is 4.90 Å². The Balaban J connectivity index is 1.29. The Morgan fingerprint density at radius 3 is 1.49 bits per heavy atom. The number of carbonyl (C=O) groups is 4. The average Bonchev–Trinajstić information content (AvgIpc) is 3.57. The largest absolute Gasteiger partial charge is 0.463 e. The molecule has 39 heavy (non-hydrogen) atoms. The van der Waals surface area contributed by atoms with Crippen LogP contribution in [0.25, 0.3) is 0 Å². The van der Waals surface area contributed by atoms with Crippen molar-refractivity contribution in [1.29, 1.82) is 0 Å². The van der Waals surface area contributed by atoms with Gasteiger partial charge in [0.1, 0.15) is 30.1 Å². The lowest BCUT2D eigenvalue weighted by atomic mass is 9.85. The summed E-state index contributed by atoms with van der Waals surface area (Å²) >= 11 is 0. The van der Waals surface area contributed by atoms with Crippen LogP contribution in [0, 0.1) is 34.5 Å². The molecule has 0 aromatic heterocycles. The van der Waals surface area contributed by atoms with E-state index in [4.69, 9.17) is 28.4 Å². The second kappa shape index (κ2) is 9.64. The van der Waals surface area contributed by atoms with Crippen LogP contribution >= 0.6 is 0 Å². The maximum atomic E-state index is 13.5. The van der Waals surface area contributed by atoms with Crippen molar-refractivity contribution in [3.8, 4) is 0 Å². The van der Waals surface area contributed by atoms with Crippen molar-refractivity contribution in [2.24, 2.45) is 34.5 Å². The van der Waals surface area contributed by atoms with E-state index in [0.717, 1.165) is 11.3 Å². The molecular weight excluding hydrogens is 510 g/mol. The lowest BCUT2D eigenvalue weighted by Gasteiger charge is -2.40. The van der Waals surface area contributed by atoms with Crippen LogP contribution in [0.2, 0.25) is 0 Å². The average molecular weight is 550 g/mol. The molecule has 3 saturated heterocycles. The number of amides is 2. The molecule has 11 nitrogen and oxygen atoms in total. The molecule has 0 aromatic rings. The zero-order valence-corrected chi connectivity index (χ0v) is 23.5. The smallest absolute Gasteiger partial charge is 0.316 e. The predicted molar refractivity (Wildman–Crippen MR) is 133 cm³/mol. The van der Waals surface area contributed by atoms with Crippen LogP contribution in [0.15, 0.2) is 12.2 Å². The minimum absolute atomic E-state index is 0.0183. The highest BCUT2D eigenvalue weighted by atomic mass is 16.7. The van der Waals surface area contributed by atoms with Gasteiger partial charge in [0.05, 0.1) is 38.3 Å². The van der Waals surface area contributed by atoms with Gasteiger partial charge in [-0.05, 0) is 59.8 Å². The van der Waals surface area contributed by atoms with E-state index in [1.165, 1.54) is 0 Å². The number of likely N-dealkylation sites (tertiary alicyclic amines) is 1. The Bertz CT molecular complexity index is 980. The molecule has 3 heterocycles. The molecule has 1 saturated carbocycles. The molecule has 3 aliphatic heterocycles. The molecule has 0 aromatic carbocycles. The van der Waals surface area contributed by atoms with E-state index < -0.39 is 52.2 Å². The molecule has 2 amide bonds. The monoisotopic (exact) mass is 549 g/mol. The number of nitrogens with zero attached hydrogens (tertiary/aromatic N) is 1. The molecule has 5 aliphatic rings. The van der Waals surface area contributed by atoms with Gasteiger partial charge >= 0.3 is 11.9 Å². The van der Waals surface area contributed by atoms with E-state index in [9.17, 15) is 19.2 Å². The van der Waals surface area contributed by atoms with Gasteiger partial charge in [-0.2, -0.15) is 0 Å². The minimum atomic E-state index is -1.06. The first-order valence-corrected chi connectivity index (χ1v) is 13.6. The molecule has 4 unspecified atom stereocenters. The molecule has 2 bridgehead atoms. The van der Waals surface area contributed by atoms with Crippen LogP contribution < -0.4 is 0 Å². The van der Waals surface area contributed by atoms with Crippen LogP contribution in [-0.2, 0) is 47.6 Å². The lowest BCUT2D eigenvalue weighted by molar-refractivity contribution is -0.281. The fourth-order valence-corrected chi connectivity index (χ4v) is 5.91.